The van der Waals surface area contributed by atoms with Gasteiger partial charge in [-0.05, 0) is 25.2 Å². The van der Waals surface area contributed by atoms with Crippen molar-refractivity contribution in [3.05, 3.63) is 6.92 Å². The molecule has 0 amide bonds. The Kier molecular flexibility index (Phi) is 1.93. The second-order valence-corrected chi connectivity index (χ2v) is 2.93. The van der Waals surface area contributed by atoms with Gasteiger partial charge in [0.25, 0.3) is 0 Å². The standard InChI is InChI=1S/C8H14/c1-7-5-3-4-6-8(7)2/h1,7-8H,3-6H2,2H3/t7-,8+/m1/s1. The summed E-state index contributed by atoms with van der Waals surface area (Å²) in [6.45, 7) is 8.03. The molecular weight excluding hydrogens is 96.1 g/mol. The minimum Gasteiger partial charge on any atom is -0.0622 e. The molecule has 0 nitrogen and oxygen atoms in total. The molecule has 0 heterocycles. The van der Waals surface area contributed by atoms with Crippen LogP contribution in [-0.4, -0.2) is 0 Å². The third-order valence-corrected chi connectivity index (χ3v) is 2.18. The van der Waals surface area contributed by atoms with Gasteiger partial charge in [-0.3, -0.25) is 0 Å². The van der Waals surface area contributed by atoms with Gasteiger partial charge in [-0.15, -0.1) is 0 Å². The zero-order valence-corrected chi connectivity index (χ0v) is 5.56. The lowest BCUT2D eigenvalue weighted by Crippen LogP contribution is -2.12. The van der Waals surface area contributed by atoms with E-state index in [0.717, 1.165) is 5.92 Å². The predicted molar refractivity (Wildman–Crippen MR) is 35.4 cm³/mol. The van der Waals surface area contributed by atoms with E-state index < -0.39 is 0 Å². The van der Waals surface area contributed by atoms with Crippen LogP contribution in [0.3, 0.4) is 0 Å². The Morgan fingerprint density at radius 2 is 1.88 bits per heavy atom. The summed E-state index contributed by atoms with van der Waals surface area (Å²) in [5, 5.41) is 0. The van der Waals surface area contributed by atoms with E-state index in [1.54, 1.807) is 0 Å². The largest absolute Gasteiger partial charge is 0.0622 e. The van der Waals surface area contributed by atoms with Gasteiger partial charge in [0.05, 0.1) is 0 Å². The highest BCUT2D eigenvalue weighted by Gasteiger charge is 2.15. The molecule has 0 N–H and O–H groups in total. The fourth-order valence-corrected chi connectivity index (χ4v) is 1.34. The van der Waals surface area contributed by atoms with Crippen LogP contribution in [0.5, 0.6) is 0 Å². The smallest absolute Gasteiger partial charge is 0.0315 e. The summed E-state index contributed by atoms with van der Waals surface area (Å²) in [4.78, 5) is 0. The van der Waals surface area contributed by atoms with Crippen molar-refractivity contribution in [2.45, 2.75) is 32.6 Å². The predicted octanol–water partition coefficient (Wildman–Crippen LogP) is 2.52. The Hall–Kier alpha value is 0. The maximum Gasteiger partial charge on any atom is -0.0315 e. The molecule has 2 atom stereocenters. The minimum absolute atomic E-state index is 0.503. The second-order valence-electron chi connectivity index (χ2n) is 2.93. The van der Waals surface area contributed by atoms with Crippen molar-refractivity contribution < 1.29 is 0 Å². The first-order valence-electron chi connectivity index (χ1n) is 3.56. The second kappa shape index (κ2) is 2.52. The lowest BCUT2D eigenvalue weighted by atomic mass is 9.82. The van der Waals surface area contributed by atoms with Gasteiger partial charge in [0.1, 0.15) is 0 Å². The van der Waals surface area contributed by atoms with E-state index in [2.05, 4.69) is 6.92 Å². The van der Waals surface area contributed by atoms with E-state index in [9.17, 15) is 0 Å². The Labute approximate surface area is 52.3 Å². The van der Waals surface area contributed by atoms with Gasteiger partial charge in [0.15, 0.2) is 0 Å². The van der Waals surface area contributed by atoms with Gasteiger partial charge < -0.3 is 0 Å². The fraction of sp³-hybridized carbons (Fsp3) is 0.875. The molecule has 1 aliphatic rings. The van der Waals surface area contributed by atoms with Crippen LogP contribution < -0.4 is 0 Å². The van der Waals surface area contributed by atoms with Crippen LogP contribution in [0.1, 0.15) is 32.6 Å². The zero-order valence-electron chi connectivity index (χ0n) is 5.56. The molecule has 1 rings (SSSR count). The van der Waals surface area contributed by atoms with Crippen molar-refractivity contribution in [1.82, 2.24) is 0 Å². The molecule has 0 heteroatoms. The molecule has 8 heavy (non-hydrogen) atoms. The van der Waals surface area contributed by atoms with Gasteiger partial charge >= 0.3 is 0 Å². The topological polar surface area (TPSA) is 0 Å². The van der Waals surface area contributed by atoms with Crippen molar-refractivity contribution in [2.75, 3.05) is 0 Å². The van der Waals surface area contributed by atoms with Gasteiger partial charge in [-0.1, -0.05) is 26.2 Å². The van der Waals surface area contributed by atoms with Crippen molar-refractivity contribution >= 4 is 0 Å². The van der Waals surface area contributed by atoms with Gasteiger partial charge in [0, 0.05) is 0 Å². The molecule has 0 aromatic heterocycles. The average Bonchev–Trinajstić information content (AvgIpc) is 1.77. The Balaban J connectivity index is 2.28. The maximum atomic E-state index is 5.78. The molecule has 0 aliphatic heterocycles. The Morgan fingerprint density at radius 3 is 2.25 bits per heavy atom. The summed E-state index contributed by atoms with van der Waals surface area (Å²) in [5.41, 5.74) is 0. The van der Waals surface area contributed by atoms with E-state index in [4.69, 9.17) is 6.92 Å². The van der Waals surface area contributed by atoms with Gasteiger partial charge in [-0.25, -0.2) is 0 Å². The molecule has 2 radical (unpaired) electrons. The average molecular weight is 110 g/mol. The van der Waals surface area contributed by atoms with Gasteiger partial charge in [0.2, 0.25) is 0 Å². The monoisotopic (exact) mass is 110 g/mol. The van der Waals surface area contributed by atoms with Gasteiger partial charge in [-0.2, -0.15) is 0 Å². The first kappa shape index (κ1) is 6.12. The molecule has 0 saturated heterocycles. The molecule has 0 aromatic rings. The molecular formula is C8H14. The lowest BCUT2D eigenvalue weighted by molar-refractivity contribution is 0.304. The summed E-state index contributed by atoms with van der Waals surface area (Å²) in [6.07, 6.45) is 5.35. The third kappa shape index (κ3) is 1.24. The summed E-state index contributed by atoms with van der Waals surface area (Å²) in [6, 6.07) is 0. The molecule has 1 aliphatic carbocycles. The van der Waals surface area contributed by atoms with Crippen molar-refractivity contribution in [2.24, 2.45) is 11.8 Å². The molecule has 0 spiro atoms. The summed E-state index contributed by atoms with van der Waals surface area (Å²) >= 11 is 0. The van der Waals surface area contributed by atoms with E-state index in [1.807, 2.05) is 0 Å². The quantitative estimate of drug-likeness (QED) is 0.449. The molecule has 1 fully saturated rings. The molecule has 1 saturated carbocycles. The fourth-order valence-electron chi connectivity index (χ4n) is 1.34. The SMILES string of the molecule is [CH][C@@H]1CCCC[C@@H]1C. The molecule has 0 unspecified atom stereocenters. The minimum atomic E-state index is 0.503. The van der Waals surface area contributed by atoms with E-state index in [0.29, 0.717) is 5.92 Å². The molecule has 0 bridgehead atoms. The summed E-state index contributed by atoms with van der Waals surface area (Å²) < 4.78 is 0. The highest BCUT2D eigenvalue weighted by Crippen LogP contribution is 2.27. The van der Waals surface area contributed by atoms with Crippen molar-refractivity contribution in [3.8, 4) is 0 Å². The molecule has 46 valence electrons. The van der Waals surface area contributed by atoms with Crippen LogP contribution in [0.25, 0.3) is 0 Å². The van der Waals surface area contributed by atoms with Crippen molar-refractivity contribution in [1.29, 1.82) is 0 Å². The normalized spacial score (nSPS) is 39.8. The van der Waals surface area contributed by atoms with Crippen LogP contribution in [0.2, 0.25) is 0 Å². The number of rotatable bonds is 0. The van der Waals surface area contributed by atoms with Crippen LogP contribution in [0.4, 0.5) is 0 Å². The summed E-state index contributed by atoms with van der Waals surface area (Å²) in [7, 11) is 0. The zero-order chi connectivity index (χ0) is 5.98. The first-order chi connectivity index (χ1) is 3.80. The maximum absolute atomic E-state index is 5.78. The summed E-state index contributed by atoms with van der Waals surface area (Å²) in [5.74, 6) is 1.28. The highest BCUT2D eigenvalue weighted by molar-refractivity contribution is 4.72. The highest BCUT2D eigenvalue weighted by atomic mass is 14.2. The van der Waals surface area contributed by atoms with Crippen LogP contribution in [0.15, 0.2) is 0 Å². The Morgan fingerprint density at radius 1 is 1.25 bits per heavy atom. The van der Waals surface area contributed by atoms with Crippen LogP contribution >= 0.6 is 0 Å². The van der Waals surface area contributed by atoms with E-state index in [1.165, 1.54) is 25.7 Å². The molecule has 0 aromatic carbocycles. The van der Waals surface area contributed by atoms with E-state index in [-0.39, 0.29) is 0 Å². The van der Waals surface area contributed by atoms with Crippen LogP contribution in [-0.2, 0) is 0 Å². The number of hydrogen-bond acceptors (Lipinski definition) is 0. The number of hydrogen-bond donors (Lipinski definition) is 0. The lowest BCUT2D eigenvalue weighted by Gasteiger charge is -2.24. The third-order valence-electron chi connectivity index (χ3n) is 2.18. The van der Waals surface area contributed by atoms with Crippen molar-refractivity contribution in [3.63, 3.8) is 0 Å². The van der Waals surface area contributed by atoms with Crippen LogP contribution in [0, 0.1) is 18.8 Å². The first-order valence-corrected chi connectivity index (χ1v) is 3.56. The van der Waals surface area contributed by atoms with E-state index >= 15 is 0 Å². The Bertz CT molecular complexity index is 56.4.